The van der Waals surface area contributed by atoms with Crippen molar-refractivity contribution in [3.05, 3.63) is 23.8 Å². The van der Waals surface area contributed by atoms with Crippen molar-refractivity contribution < 1.29 is 23.1 Å². The fraction of sp³-hybridized carbons (Fsp3) is 0.562. The minimum Gasteiger partial charge on any atom is -0.396 e. The van der Waals surface area contributed by atoms with Gasteiger partial charge in [-0.15, -0.1) is 0 Å². The summed E-state index contributed by atoms with van der Waals surface area (Å²) < 4.78 is 39.7. The molecule has 0 aliphatic rings. The molecule has 0 fully saturated rings. The van der Waals surface area contributed by atoms with Crippen LogP contribution >= 0.6 is 0 Å². The third-order valence-corrected chi connectivity index (χ3v) is 3.63. The molecule has 24 heavy (non-hydrogen) atoms. The van der Waals surface area contributed by atoms with Gasteiger partial charge in [0.2, 0.25) is 0 Å². The molecule has 5 nitrogen and oxygen atoms in total. The highest BCUT2D eigenvalue weighted by Crippen LogP contribution is 2.37. The summed E-state index contributed by atoms with van der Waals surface area (Å²) in [7, 11) is 3.27. The number of aliphatic hydroxyl groups is 1. The van der Waals surface area contributed by atoms with E-state index in [0.29, 0.717) is 12.1 Å². The number of rotatable bonds is 6. The van der Waals surface area contributed by atoms with Gasteiger partial charge in [0, 0.05) is 32.4 Å². The zero-order valence-electron chi connectivity index (χ0n) is 14.2. The van der Waals surface area contributed by atoms with Crippen LogP contribution < -0.4 is 15.5 Å². The molecular formula is C16H24F3N3O2. The van der Waals surface area contributed by atoms with Crippen LogP contribution in [0.2, 0.25) is 0 Å². The first-order valence-corrected chi connectivity index (χ1v) is 7.63. The summed E-state index contributed by atoms with van der Waals surface area (Å²) in [5, 5.41) is 13.8. The number of urea groups is 1. The van der Waals surface area contributed by atoms with E-state index in [-0.39, 0.29) is 24.3 Å². The smallest absolute Gasteiger partial charge is 0.396 e. The first-order valence-electron chi connectivity index (χ1n) is 7.63. The van der Waals surface area contributed by atoms with Gasteiger partial charge in [0.25, 0.3) is 0 Å². The largest absolute Gasteiger partial charge is 0.418 e. The van der Waals surface area contributed by atoms with Gasteiger partial charge in [-0.1, -0.05) is 13.8 Å². The first kappa shape index (κ1) is 20.1. The lowest BCUT2D eigenvalue weighted by molar-refractivity contribution is -0.136. The van der Waals surface area contributed by atoms with E-state index in [1.807, 2.05) is 13.8 Å². The van der Waals surface area contributed by atoms with Crippen LogP contribution in [0.5, 0.6) is 0 Å². The number of aliphatic hydroxyl groups excluding tert-OH is 1. The summed E-state index contributed by atoms with van der Waals surface area (Å²) in [5.74, 6) is 0.0427. The Morgan fingerprint density at radius 1 is 1.29 bits per heavy atom. The summed E-state index contributed by atoms with van der Waals surface area (Å²) >= 11 is 0. The molecule has 8 heteroatoms. The van der Waals surface area contributed by atoms with Gasteiger partial charge in [-0.05, 0) is 30.5 Å². The normalized spacial score (nSPS) is 12.9. The van der Waals surface area contributed by atoms with Gasteiger partial charge >= 0.3 is 12.2 Å². The molecule has 1 atom stereocenters. The van der Waals surface area contributed by atoms with Crippen LogP contribution in [0.4, 0.5) is 29.3 Å². The van der Waals surface area contributed by atoms with Gasteiger partial charge in [-0.2, -0.15) is 13.2 Å². The number of anilines is 2. The lowest BCUT2D eigenvalue weighted by Gasteiger charge is -2.23. The van der Waals surface area contributed by atoms with E-state index in [1.165, 1.54) is 12.1 Å². The Bertz CT molecular complexity index is 560. The third-order valence-electron chi connectivity index (χ3n) is 3.63. The van der Waals surface area contributed by atoms with Gasteiger partial charge in [0.05, 0.1) is 11.3 Å². The summed E-state index contributed by atoms with van der Waals surface area (Å²) in [6.07, 6.45) is -4.26. The molecule has 0 heterocycles. The van der Waals surface area contributed by atoms with Gasteiger partial charge in [-0.25, -0.2) is 4.79 Å². The second kappa shape index (κ2) is 8.23. The number of carbonyl (C=O) groups excluding carboxylic acids is 1. The average Bonchev–Trinajstić information content (AvgIpc) is 2.45. The Balaban J connectivity index is 2.99. The van der Waals surface area contributed by atoms with Crippen LogP contribution in [0.15, 0.2) is 18.2 Å². The monoisotopic (exact) mass is 347 g/mol. The van der Waals surface area contributed by atoms with Crippen molar-refractivity contribution in [3.8, 4) is 0 Å². The van der Waals surface area contributed by atoms with Crippen molar-refractivity contribution in [1.29, 1.82) is 0 Å². The van der Waals surface area contributed by atoms with E-state index in [2.05, 4.69) is 10.6 Å². The van der Waals surface area contributed by atoms with Gasteiger partial charge in [-0.3, -0.25) is 0 Å². The molecular weight excluding hydrogens is 323 g/mol. The maximum absolute atomic E-state index is 13.2. The molecule has 0 saturated heterocycles. The third kappa shape index (κ3) is 5.59. The SMILES string of the molecule is CC(C)[C@@H](CCO)NC(=O)Nc1ccc(N(C)C)cc1C(F)(F)F. The second-order valence-electron chi connectivity index (χ2n) is 6.08. The predicted molar refractivity (Wildman–Crippen MR) is 88.3 cm³/mol. The number of alkyl halides is 3. The summed E-state index contributed by atoms with van der Waals surface area (Å²) in [6, 6.07) is 2.66. The van der Waals surface area contributed by atoms with Crippen molar-refractivity contribution in [3.63, 3.8) is 0 Å². The maximum Gasteiger partial charge on any atom is 0.418 e. The van der Waals surface area contributed by atoms with Crippen LogP contribution in [0.1, 0.15) is 25.8 Å². The standard InChI is InChI=1S/C16H24F3N3O2/c1-10(2)13(7-8-23)20-15(24)21-14-6-5-11(22(3)4)9-12(14)16(17,18)19/h5-6,9-10,13,23H,7-8H2,1-4H3,(H2,20,21,24)/t13-/m1/s1. The highest BCUT2D eigenvalue weighted by Gasteiger charge is 2.34. The number of benzene rings is 1. The molecule has 0 aromatic heterocycles. The molecule has 3 N–H and O–H groups in total. The number of carbonyl (C=O) groups is 1. The maximum atomic E-state index is 13.2. The summed E-state index contributed by atoms with van der Waals surface area (Å²) in [6.45, 7) is 3.59. The van der Waals surface area contributed by atoms with Crippen molar-refractivity contribution >= 4 is 17.4 Å². The van der Waals surface area contributed by atoms with E-state index in [1.54, 1.807) is 19.0 Å². The van der Waals surface area contributed by atoms with E-state index < -0.39 is 17.8 Å². The van der Waals surface area contributed by atoms with E-state index in [9.17, 15) is 18.0 Å². The van der Waals surface area contributed by atoms with Crippen molar-refractivity contribution in [2.75, 3.05) is 30.9 Å². The zero-order chi connectivity index (χ0) is 18.5. The topological polar surface area (TPSA) is 64.6 Å². The molecule has 0 spiro atoms. The molecule has 0 unspecified atom stereocenters. The molecule has 0 aliphatic carbocycles. The second-order valence-corrected chi connectivity index (χ2v) is 6.08. The summed E-state index contributed by atoms with van der Waals surface area (Å²) in [5.41, 5.74) is -0.835. The van der Waals surface area contributed by atoms with Gasteiger partial charge < -0.3 is 20.6 Å². The van der Waals surface area contributed by atoms with Crippen molar-refractivity contribution in [1.82, 2.24) is 5.32 Å². The molecule has 1 aromatic rings. The molecule has 136 valence electrons. The van der Waals surface area contributed by atoms with Crippen LogP contribution in [0.25, 0.3) is 0 Å². The predicted octanol–water partition coefficient (Wildman–Crippen LogP) is 3.30. The van der Waals surface area contributed by atoms with E-state index in [0.717, 1.165) is 6.07 Å². The van der Waals surface area contributed by atoms with Gasteiger partial charge in [0.1, 0.15) is 0 Å². The Labute approximate surface area is 139 Å². The summed E-state index contributed by atoms with van der Waals surface area (Å²) in [4.78, 5) is 13.6. The highest BCUT2D eigenvalue weighted by atomic mass is 19.4. The van der Waals surface area contributed by atoms with Crippen LogP contribution in [-0.4, -0.2) is 37.9 Å². The molecule has 0 radical (unpaired) electrons. The zero-order valence-corrected chi connectivity index (χ0v) is 14.2. The average molecular weight is 347 g/mol. The minimum atomic E-state index is -4.59. The number of hydrogen-bond donors (Lipinski definition) is 3. The Morgan fingerprint density at radius 2 is 1.92 bits per heavy atom. The quantitative estimate of drug-likeness (QED) is 0.740. The molecule has 0 bridgehead atoms. The van der Waals surface area contributed by atoms with E-state index in [4.69, 9.17) is 5.11 Å². The lowest BCUT2D eigenvalue weighted by Crippen LogP contribution is -2.41. The molecule has 1 aromatic carbocycles. The Kier molecular flexibility index (Phi) is 6.89. The Hall–Kier alpha value is -1.96. The highest BCUT2D eigenvalue weighted by molar-refractivity contribution is 5.90. The number of amides is 2. The van der Waals surface area contributed by atoms with Crippen LogP contribution in [-0.2, 0) is 6.18 Å². The van der Waals surface area contributed by atoms with Gasteiger partial charge in [0.15, 0.2) is 0 Å². The van der Waals surface area contributed by atoms with Crippen LogP contribution in [0.3, 0.4) is 0 Å². The van der Waals surface area contributed by atoms with Crippen LogP contribution in [0, 0.1) is 5.92 Å². The fourth-order valence-corrected chi connectivity index (χ4v) is 2.19. The Morgan fingerprint density at radius 3 is 2.38 bits per heavy atom. The fourth-order valence-electron chi connectivity index (χ4n) is 2.19. The number of hydrogen-bond acceptors (Lipinski definition) is 3. The molecule has 2 amide bonds. The molecule has 0 saturated carbocycles. The number of nitrogens with zero attached hydrogens (tertiary/aromatic N) is 1. The van der Waals surface area contributed by atoms with E-state index >= 15 is 0 Å². The minimum absolute atomic E-state index is 0.0427. The number of nitrogens with one attached hydrogen (secondary N) is 2. The van der Waals surface area contributed by atoms with Crippen molar-refractivity contribution in [2.24, 2.45) is 5.92 Å². The number of halogens is 3. The molecule has 1 rings (SSSR count). The first-order chi connectivity index (χ1) is 11.1. The molecule has 0 aliphatic heterocycles. The van der Waals surface area contributed by atoms with Crippen molar-refractivity contribution in [2.45, 2.75) is 32.5 Å². The lowest BCUT2D eigenvalue weighted by atomic mass is 10.0.